The van der Waals surface area contributed by atoms with Crippen molar-refractivity contribution in [2.24, 2.45) is 0 Å². The van der Waals surface area contributed by atoms with Crippen LogP contribution < -0.4 is 15.4 Å². The zero-order valence-corrected chi connectivity index (χ0v) is 15.9. The molecule has 1 fully saturated rings. The van der Waals surface area contributed by atoms with Crippen LogP contribution in [-0.4, -0.2) is 40.9 Å². The third-order valence-corrected chi connectivity index (χ3v) is 5.55. The van der Waals surface area contributed by atoms with Gasteiger partial charge in [0, 0.05) is 12.4 Å². The van der Waals surface area contributed by atoms with Gasteiger partial charge in [0.2, 0.25) is 0 Å². The Morgan fingerprint density at radius 2 is 2.19 bits per heavy atom. The first-order valence-corrected chi connectivity index (χ1v) is 9.00. The van der Waals surface area contributed by atoms with Crippen LogP contribution in [0.3, 0.4) is 0 Å². The third-order valence-electron chi connectivity index (χ3n) is 4.61. The number of carbonyl (C=O) groups is 1. The Bertz CT molecular complexity index is 890. The predicted molar refractivity (Wildman–Crippen MR) is 104 cm³/mol. The number of nitrogens with zero attached hydrogens (tertiary/aromatic N) is 3. The maximum Gasteiger partial charge on any atom is 0.254 e. The largest absolute Gasteiger partial charge is 0.497 e. The maximum absolute atomic E-state index is 13.1. The molecule has 138 valence electrons. The van der Waals surface area contributed by atoms with Gasteiger partial charge in [0.15, 0.2) is 5.13 Å². The second-order valence-electron chi connectivity index (χ2n) is 6.04. The zero-order valence-electron chi connectivity index (χ0n) is 14.3. The molecule has 0 radical (unpaired) electrons. The van der Waals surface area contributed by atoms with Gasteiger partial charge in [-0.2, -0.15) is 5.10 Å². The van der Waals surface area contributed by atoms with Gasteiger partial charge in [-0.3, -0.25) is 14.8 Å². The van der Waals surface area contributed by atoms with Gasteiger partial charge in [0.25, 0.3) is 5.91 Å². The van der Waals surface area contributed by atoms with Gasteiger partial charge in [-0.05, 0) is 50.2 Å². The molecule has 0 spiro atoms. The minimum Gasteiger partial charge on any atom is -0.497 e. The Hall–Kier alpha value is -2.16. The molecule has 0 atom stereocenters. The fourth-order valence-corrected chi connectivity index (χ4v) is 4.11. The highest BCUT2D eigenvalue weighted by atomic mass is 35.5. The Morgan fingerprint density at radius 1 is 1.38 bits per heavy atom. The molecule has 3 aromatic rings. The average Bonchev–Trinajstić information content (AvgIpc) is 3.31. The van der Waals surface area contributed by atoms with Crippen molar-refractivity contribution in [3.05, 3.63) is 36.7 Å². The number of rotatable bonds is 4. The molecule has 3 heterocycles. The number of carbonyl (C=O) groups excluding carboxylic acids is 1. The van der Waals surface area contributed by atoms with Crippen LogP contribution >= 0.6 is 23.7 Å². The molecule has 1 saturated heterocycles. The van der Waals surface area contributed by atoms with E-state index in [-0.39, 0.29) is 18.3 Å². The Kier molecular flexibility index (Phi) is 5.45. The number of nitrogens with one attached hydrogen (secondary N) is 2. The van der Waals surface area contributed by atoms with Gasteiger partial charge in [-0.25, -0.2) is 4.98 Å². The Balaban J connectivity index is 0.00000196. The standard InChI is InChI=1S/C17H19N5O2S.ClH/c1-24-12-3-4-13-14(11-12)25-16(20-13)21-15(23)17(5-8-18-9-6-17)22-10-2-7-19-22;/h2-4,7,10-11,18H,5-6,8-9H2,1H3,(H,20,21,23);1H. The van der Waals surface area contributed by atoms with Crippen molar-refractivity contribution in [2.45, 2.75) is 18.4 Å². The highest BCUT2D eigenvalue weighted by molar-refractivity contribution is 7.22. The fourth-order valence-electron chi connectivity index (χ4n) is 3.22. The number of ether oxygens (including phenoxy) is 1. The summed E-state index contributed by atoms with van der Waals surface area (Å²) in [6, 6.07) is 7.54. The second-order valence-corrected chi connectivity index (χ2v) is 7.07. The van der Waals surface area contributed by atoms with Crippen molar-refractivity contribution in [1.29, 1.82) is 0 Å². The van der Waals surface area contributed by atoms with Crippen LogP contribution in [0.2, 0.25) is 0 Å². The molecule has 4 rings (SSSR count). The number of aromatic nitrogens is 3. The van der Waals surface area contributed by atoms with Crippen LogP contribution in [0.25, 0.3) is 10.2 Å². The minimum absolute atomic E-state index is 0. The molecule has 0 bridgehead atoms. The summed E-state index contributed by atoms with van der Waals surface area (Å²) in [5.74, 6) is 0.712. The van der Waals surface area contributed by atoms with E-state index in [9.17, 15) is 4.79 Å². The number of amides is 1. The lowest BCUT2D eigenvalue weighted by Crippen LogP contribution is -2.52. The molecule has 0 unspecified atom stereocenters. The number of halogens is 1. The highest BCUT2D eigenvalue weighted by Gasteiger charge is 2.42. The van der Waals surface area contributed by atoms with Gasteiger partial charge < -0.3 is 10.1 Å². The van der Waals surface area contributed by atoms with Gasteiger partial charge in [-0.15, -0.1) is 12.4 Å². The number of fused-ring (bicyclic) bond motifs is 1. The number of thiazole rings is 1. The summed E-state index contributed by atoms with van der Waals surface area (Å²) in [6.45, 7) is 1.56. The molecular weight excluding hydrogens is 374 g/mol. The predicted octanol–water partition coefficient (Wildman–Crippen LogP) is 2.64. The second kappa shape index (κ2) is 7.61. The third kappa shape index (κ3) is 3.27. The van der Waals surface area contributed by atoms with Crippen LogP contribution in [0.1, 0.15) is 12.8 Å². The number of anilines is 1. The normalized spacial score (nSPS) is 16.0. The first kappa shape index (κ1) is 18.6. The molecule has 7 nitrogen and oxygen atoms in total. The first-order chi connectivity index (χ1) is 12.2. The zero-order chi connectivity index (χ0) is 17.3. The summed E-state index contributed by atoms with van der Waals surface area (Å²) in [7, 11) is 1.63. The Labute approximate surface area is 161 Å². The smallest absolute Gasteiger partial charge is 0.254 e. The number of hydrogen-bond acceptors (Lipinski definition) is 6. The van der Waals surface area contributed by atoms with E-state index >= 15 is 0 Å². The Morgan fingerprint density at radius 3 is 2.88 bits per heavy atom. The van der Waals surface area contributed by atoms with Crippen LogP contribution in [0.15, 0.2) is 36.7 Å². The van der Waals surface area contributed by atoms with Crippen molar-refractivity contribution < 1.29 is 9.53 Å². The van der Waals surface area contributed by atoms with E-state index in [4.69, 9.17) is 4.74 Å². The quantitative estimate of drug-likeness (QED) is 0.712. The van der Waals surface area contributed by atoms with Crippen LogP contribution in [0, 0.1) is 0 Å². The molecule has 0 saturated carbocycles. The summed E-state index contributed by atoms with van der Waals surface area (Å²) in [5.41, 5.74) is 0.171. The molecule has 1 aliphatic rings. The summed E-state index contributed by atoms with van der Waals surface area (Å²) in [4.78, 5) is 17.7. The fraction of sp³-hybridized carbons (Fsp3) is 0.353. The number of piperidine rings is 1. The lowest BCUT2D eigenvalue weighted by atomic mass is 9.87. The monoisotopic (exact) mass is 393 g/mol. The summed E-state index contributed by atoms with van der Waals surface area (Å²) >= 11 is 1.45. The summed E-state index contributed by atoms with van der Waals surface area (Å²) in [5, 5.41) is 11.2. The summed E-state index contributed by atoms with van der Waals surface area (Å²) < 4.78 is 8.00. The van der Waals surface area contributed by atoms with Crippen molar-refractivity contribution >= 4 is 45.0 Å². The number of hydrogen-bond donors (Lipinski definition) is 2. The van der Waals surface area contributed by atoms with E-state index in [2.05, 4.69) is 20.7 Å². The van der Waals surface area contributed by atoms with Crippen LogP contribution in [0.5, 0.6) is 5.75 Å². The number of methoxy groups -OCH3 is 1. The molecule has 0 aliphatic carbocycles. The topological polar surface area (TPSA) is 81.1 Å². The molecular formula is C17H20ClN5O2S. The van der Waals surface area contributed by atoms with Gasteiger partial charge >= 0.3 is 0 Å². The van der Waals surface area contributed by atoms with Crippen molar-refractivity contribution in [3.63, 3.8) is 0 Å². The average molecular weight is 394 g/mol. The lowest BCUT2D eigenvalue weighted by molar-refractivity contribution is -0.126. The molecule has 1 aliphatic heterocycles. The first-order valence-electron chi connectivity index (χ1n) is 8.18. The van der Waals surface area contributed by atoms with Crippen LogP contribution in [-0.2, 0) is 10.3 Å². The van der Waals surface area contributed by atoms with Crippen molar-refractivity contribution in [1.82, 2.24) is 20.1 Å². The van der Waals surface area contributed by atoms with Gasteiger partial charge in [0.05, 0.1) is 17.3 Å². The molecule has 2 N–H and O–H groups in total. The van der Waals surface area contributed by atoms with E-state index in [0.29, 0.717) is 18.0 Å². The van der Waals surface area contributed by atoms with E-state index < -0.39 is 5.54 Å². The molecule has 2 aromatic heterocycles. The lowest BCUT2D eigenvalue weighted by Gasteiger charge is -2.36. The van der Waals surface area contributed by atoms with E-state index in [1.165, 1.54) is 11.3 Å². The highest BCUT2D eigenvalue weighted by Crippen LogP contribution is 2.32. The molecule has 1 aromatic carbocycles. The van der Waals surface area contributed by atoms with E-state index in [0.717, 1.165) is 29.1 Å². The van der Waals surface area contributed by atoms with Gasteiger partial charge in [0.1, 0.15) is 11.3 Å². The van der Waals surface area contributed by atoms with E-state index in [1.54, 1.807) is 18.0 Å². The molecule has 1 amide bonds. The maximum atomic E-state index is 13.1. The molecule has 9 heteroatoms. The van der Waals surface area contributed by atoms with Gasteiger partial charge in [-0.1, -0.05) is 11.3 Å². The number of benzene rings is 1. The summed E-state index contributed by atoms with van der Waals surface area (Å²) in [6.07, 6.45) is 4.95. The molecule has 26 heavy (non-hydrogen) atoms. The van der Waals surface area contributed by atoms with E-state index in [1.807, 2.05) is 30.5 Å². The van der Waals surface area contributed by atoms with Crippen molar-refractivity contribution in [2.75, 3.05) is 25.5 Å². The van der Waals surface area contributed by atoms with Crippen LogP contribution in [0.4, 0.5) is 5.13 Å². The van der Waals surface area contributed by atoms with Crippen molar-refractivity contribution in [3.8, 4) is 5.75 Å². The minimum atomic E-state index is -0.676. The SMILES string of the molecule is COc1ccc2nc(NC(=O)C3(n4cccn4)CCNCC3)sc2c1.Cl.